The highest BCUT2D eigenvalue weighted by Crippen LogP contribution is 2.23. The van der Waals surface area contributed by atoms with E-state index >= 15 is 0 Å². The summed E-state index contributed by atoms with van der Waals surface area (Å²) in [6, 6.07) is 4.32. The van der Waals surface area contributed by atoms with Gasteiger partial charge in [-0.05, 0) is 31.9 Å². The summed E-state index contributed by atoms with van der Waals surface area (Å²) in [6.07, 6.45) is -0.0484. The molecule has 150 valence electrons. The van der Waals surface area contributed by atoms with Crippen LogP contribution in [0.5, 0.6) is 11.5 Å². The summed E-state index contributed by atoms with van der Waals surface area (Å²) < 4.78 is 16.1. The fraction of sp³-hybridized carbons (Fsp3) is 0.600. The molecule has 2 amide bonds. The van der Waals surface area contributed by atoms with Crippen LogP contribution in [0, 0.1) is 5.92 Å². The van der Waals surface area contributed by atoms with Gasteiger partial charge in [-0.1, -0.05) is 13.8 Å². The highest BCUT2D eigenvalue weighted by Gasteiger charge is 2.33. The second-order valence-corrected chi connectivity index (χ2v) is 7.30. The highest BCUT2D eigenvalue weighted by atomic mass is 16.5. The molecule has 27 heavy (non-hydrogen) atoms. The van der Waals surface area contributed by atoms with Gasteiger partial charge >= 0.3 is 0 Å². The molecule has 1 fully saturated rings. The van der Waals surface area contributed by atoms with Crippen LogP contribution in [0.2, 0.25) is 0 Å². The van der Waals surface area contributed by atoms with Crippen LogP contribution in [0.15, 0.2) is 18.2 Å². The molecule has 1 N–H and O–H groups in total. The van der Waals surface area contributed by atoms with Crippen LogP contribution in [0.4, 0.5) is 0 Å². The van der Waals surface area contributed by atoms with Crippen molar-refractivity contribution in [2.45, 2.75) is 45.9 Å². The maximum Gasteiger partial charge on any atom is 0.252 e. The maximum atomic E-state index is 13.1. The fourth-order valence-electron chi connectivity index (χ4n) is 3.23. The van der Waals surface area contributed by atoms with Crippen LogP contribution >= 0.6 is 0 Å². The van der Waals surface area contributed by atoms with Gasteiger partial charge in [0.25, 0.3) is 5.91 Å². The van der Waals surface area contributed by atoms with Gasteiger partial charge in [-0.3, -0.25) is 9.59 Å². The van der Waals surface area contributed by atoms with E-state index in [9.17, 15) is 9.59 Å². The first-order chi connectivity index (χ1) is 12.7. The van der Waals surface area contributed by atoms with Gasteiger partial charge in [0.05, 0.1) is 26.4 Å². The third-order valence-electron chi connectivity index (χ3n) is 4.56. The third kappa shape index (κ3) is 5.35. The van der Waals surface area contributed by atoms with Crippen molar-refractivity contribution in [2.75, 3.05) is 27.3 Å². The molecule has 0 radical (unpaired) electrons. The summed E-state index contributed by atoms with van der Waals surface area (Å²) in [7, 11) is 3.05. The average molecular weight is 378 g/mol. The molecular formula is C20H30N2O5. The molecule has 1 aliphatic rings. The zero-order valence-electron chi connectivity index (χ0n) is 16.9. The molecule has 7 heteroatoms. The molecule has 3 atom stereocenters. The van der Waals surface area contributed by atoms with E-state index in [0.717, 1.165) is 0 Å². The summed E-state index contributed by atoms with van der Waals surface area (Å²) in [5, 5.41) is 2.88. The first kappa shape index (κ1) is 21.0. The average Bonchev–Trinajstić information content (AvgIpc) is 2.63. The SMILES string of the molecule is COc1cc(OC)cc(C(=O)N[C@H](C(=O)N2C[C@@H](C)O[C@@H](C)C2)C(C)C)c1. The maximum absolute atomic E-state index is 13.1. The fourth-order valence-corrected chi connectivity index (χ4v) is 3.23. The number of rotatable bonds is 6. The Balaban J connectivity index is 2.18. The molecular weight excluding hydrogens is 348 g/mol. The van der Waals surface area contributed by atoms with Crippen molar-refractivity contribution in [1.82, 2.24) is 10.2 Å². The number of ether oxygens (including phenoxy) is 3. The lowest BCUT2D eigenvalue weighted by Crippen LogP contribution is -2.56. The lowest BCUT2D eigenvalue weighted by molar-refractivity contribution is -0.146. The minimum Gasteiger partial charge on any atom is -0.497 e. The summed E-state index contributed by atoms with van der Waals surface area (Å²) >= 11 is 0. The first-order valence-electron chi connectivity index (χ1n) is 9.23. The summed E-state index contributed by atoms with van der Waals surface area (Å²) in [5.41, 5.74) is 0.383. The number of morpholine rings is 1. The highest BCUT2D eigenvalue weighted by molar-refractivity contribution is 5.98. The Morgan fingerprint density at radius 1 is 1.07 bits per heavy atom. The molecule has 0 aliphatic carbocycles. The normalized spacial score (nSPS) is 20.9. The lowest BCUT2D eigenvalue weighted by atomic mass is 10.0. The van der Waals surface area contributed by atoms with Crippen molar-refractivity contribution in [2.24, 2.45) is 5.92 Å². The standard InChI is InChI=1S/C20H30N2O5/c1-12(2)18(20(24)22-10-13(3)27-14(4)11-22)21-19(23)15-7-16(25-5)9-17(8-15)26-6/h7-9,12-14,18H,10-11H2,1-6H3,(H,21,23)/t13-,14+,18-/m0/s1. The Hall–Kier alpha value is -2.28. The van der Waals surface area contributed by atoms with E-state index in [-0.39, 0.29) is 29.9 Å². The number of methoxy groups -OCH3 is 2. The minimum atomic E-state index is -0.618. The molecule has 1 heterocycles. The number of amides is 2. The van der Waals surface area contributed by atoms with E-state index in [0.29, 0.717) is 30.2 Å². The quantitative estimate of drug-likeness (QED) is 0.820. The van der Waals surface area contributed by atoms with Crippen LogP contribution in [0.1, 0.15) is 38.1 Å². The Morgan fingerprint density at radius 3 is 2.04 bits per heavy atom. The van der Waals surface area contributed by atoms with E-state index in [1.807, 2.05) is 27.7 Å². The molecule has 0 unspecified atom stereocenters. The summed E-state index contributed by atoms with van der Waals surface area (Å²) in [5.74, 6) is 0.553. The smallest absolute Gasteiger partial charge is 0.252 e. The molecule has 1 saturated heterocycles. The van der Waals surface area contributed by atoms with E-state index in [1.54, 1.807) is 23.1 Å². The summed E-state index contributed by atoms with van der Waals surface area (Å²) in [4.78, 5) is 27.6. The lowest BCUT2D eigenvalue weighted by Gasteiger charge is -2.38. The van der Waals surface area contributed by atoms with Crippen molar-refractivity contribution < 1.29 is 23.8 Å². The molecule has 0 spiro atoms. The number of carbonyl (C=O) groups excluding carboxylic acids is 2. The molecule has 0 aromatic heterocycles. The van der Waals surface area contributed by atoms with Crippen molar-refractivity contribution in [3.8, 4) is 11.5 Å². The van der Waals surface area contributed by atoms with Gasteiger partial charge in [-0.15, -0.1) is 0 Å². The van der Waals surface area contributed by atoms with Crippen LogP contribution in [0.25, 0.3) is 0 Å². The Morgan fingerprint density at radius 2 is 1.59 bits per heavy atom. The molecule has 1 aromatic carbocycles. The Kier molecular flexibility index (Phi) is 7.07. The predicted molar refractivity (Wildman–Crippen MR) is 102 cm³/mol. The predicted octanol–water partition coefficient (Wildman–Crippen LogP) is 2.09. The first-order valence-corrected chi connectivity index (χ1v) is 9.23. The molecule has 0 saturated carbocycles. The van der Waals surface area contributed by atoms with Gasteiger partial charge in [0.2, 0.25) is 5.91 Å². The number of hydrogen-bond donors (Lipinski definition) is 1. The number of benzene rings is 1. The van der Waals surface area contributed by atoms with Crippen molar-refractivity contribution >= 4 is 11.8 Å². The van der Waals surface area contributed by atoms with Crippen LogP contribution in [-0.2, 0) is 9.53 Å². The van der Waals surface area contributed by atoms with E-state index in [4.69, 9.17) is 14.2 Å². The van der Waals surface area contributed by atoms with Crippen molar-refractivity contribution in [3.05, 3.63) is 23.8 Å². The molecule has 1 aliphatic heterocycles. The van der Waals surface area contributed by atoms with Crippen LogP contribution in [-0.4, -0.2) is 62.3 Å². The van der Waals surface area contributed by atoms with Gasteiger partial charge in [-0.25, -0.2) is 0 Å². The molecule has 7 nitrogen and oxygen atoms in total. The van der Waals surface area contributed by atoms with Crippen molar-refractivity contribution in [3.63, 3.8) is 0 Å². The van der Waals surface area contributed by atoms with E-state index in [1.165, 1.54) is 14.2 Å². The zero-order valence-corrected chi connectivity index (χ0v) is 16.9. The third-order valence-corrected chi connectivity index (χ3v) is 4.56. The molecule has 0 bridgehead atoms. The van der Waals surface area contributed by atoms with Gasteiger partial charge in [0, 0.05) is 24.7 Å². The Bertz CT molecular complexity index is 644. The summed E-state index contributed by atoms with van der Waals surface area (Å²) in [6.45, 7) is 8.78. The van der Waals surface area contributed by atoms with Crippen molar-refractivity contribution in [1.29, 1.82) is 0 Å². The monoisotopic (exact) mass is 378 g/mol. The second-order valence-electron chi connectivity index (χ2n) is 7.30. The van der Waals surface area contributed by atoms with Gasteiger partial charge in [0.15, 0.2) is 0 Å². The second kappa shape index (κ2) is 9.08. The largest absolute Gasteiger partial charge is 0.497 e. The van der Waals surface area contributed by atoms with Crippen LogP contribution < -0.4 is 14.8 Å². The van der Waals surface area contributed by atoms with Gasteiger partial charge in [-0.2, -0.15) is 0 Å². The topological polar surface area (TPSA) is 77.1 Å². The number of nitrogens with zero attached hydrogens (tertiary/aromatic N) is 1. The number of hydrogen-bond acceptors (Lipinski definition) is 5. The van der Waals surface area contributed by atoms with Gasteiger partial charge in [0.1, 0.15) is 17.5 Å². The number of carbonyl (C=O) groups is 2. The molecule has 1 aromatic rings. The van der Waals surface area contributed by atoms with E-state index < -0.39 is 6.04 Å². The zero-order chi connectivity index (χ0) is 20.1. The van der Waals surface area contributed by atoms with E-state index in [2.05, 4.69) is 5.32 Å². The van der Waals surface area contributed by atoms with Gasteiger partial charge < -0.3 is 24.4 Å². The van der Waals surface area contributed by atoms with Crippen LogP contribution in [0.3, 0.4) is 0 Å². The Labute approximate surface area is 161 Å². The minimum absolute atomic E-state index is 0.0242. The number of nitrogens with one attached hydrogen (secondary N) is 1. The molecule has 2 rings (SSSR count).